The fraction of sp³-hybridized carbons (Fsp3) is 0.231. The second kappa shape index (κ2) is 3.89. The van der Waals surface area contributed by atoms with Crippen molar-refractivity contribution in [3.8, 4) is 0 Å². The molecule has 0 saturated heterocycles. The summed E-state index contributed by atoms with van der Waals surface area (Å²) in [5.41, 5.74) is 2.08. The summed E-state index contributed by atoms with van der Waals surface area (Å²) in [5, 5.41) is 1.07. The zero-order valence-corrected chi connectivity index (χ0v) is 8.83. The molecule has 1 heterocycles. The van der Waals surface area contributed by atoms with Crippen LogP contribution in [0.25, 0.3) is 10.9 Å². The second-order valence-corrected chi connectivity index (χ2v) is 3.75. The smallest absolute Gasteiger partial charge is 0.125 e. The van der Waals surface area contributed by atoms with Gasteiger partial charge in [-0.05, 0) is 36.1 Å². The van der Waals surface area contributed by atoms with Crippen molar-refractivity contribution in [3.63, 3.8) is 0 Å². The van der Waals surface area contributed by atoms with Gasteiger partial charge in [0.05, 0.1) is 5.52 Å². The van der Waals surface area contributed by atoms with Crippen LogP contribution in [0.2, 0.25) is 0 Å². The van der Waals surface area contributed by atoms with Crippen LogP contribution in [0.1, 0.15) is 13.3 Å². The first-order chi connectivity index (χ1) is 7.20. The van der Waals surface area contributed by atoms with E-state index in [1.807, 2.05) is 16.8 Å². The van der Waals surface area contributed by atoms with E-state index < -0.39 is 0 Å². The normalized spacial score (nSPS) is 10.8. The number of hydrogen-bond donors (Lipinski definition) is 0. The van der Waals surface area contributed by atoms with E-state index >= 15 is 0 Å². The Balaban J connectivity index is 2.43. The summed E-state index contributed by atoms with van der Waals surface area (Å²) in [6.45, 7) is 6.81. The maximum Gasteiger partial charge on any atom is 0.125 e. The van der Waals surface area contributed by atoms with Crippen LogP contribution in [-0.2, 0) is 6.54 Å². The van der Waals surface area contributed by atoms with Gasteiger partial charge in [-0.25, -0.2) is 4.39 Å². The Morgan fingerprint density at radius 2 is 2.20 bits per heavy atom. The molecule has 0 radical (unpaired) electrons. The van der Waals surface area contributed by atoms with Gasteiger partial charge in [-0.1, -0.05) is 19.1 Å². The van der Waals surface area contributed by atoms with Gasteiger partial charge >= 0.3 is 0 Å². The Morgan fingerprint density at radius 3 is 2.93 bits per heavy atom. The van der Waals surface area contributed by atoms with Crippen LogP contribution >= 0.6 is 0 Å². The van der Waals surface area contributed by atoms with Crippen molar-refractivity contribution in [2.24, 2.45) is 0 Å². The minimum atomic E-state index is -0.190. The first kappa shape index (κ1) is 9.97. The first-order valence-corrected chi connectivity index (χ1v) is 5.11. The van der Waals surface area contributed by atoms with Crippen molar-refractivity contribution >= 4 is 10.9 Å². The van der Waals surface area contributed by atoms with E-state index in [9.17, 15) is 4.39 Å². The zero-order valence-electron chi connectivity index (χ0n) is 8.83. The van der Waals surface area contributed by atoms with E-state index in [1.165, 1.54) is 6.07 Å². The Morgan fingerprint density at radius 1 is 1.40 bits per heavy atom. The minimum Gasteiger partial charge on any atom is -0.343 e. The predicted molar refractivity (Wildman–Crippen MR) is 61.3 cm³/mol. The molecule has 1 aromatic heterocycles. The Hall–Kier alpha value is -1.57. The Labute approximate surface area is 88.8 Å². The van der Waals surface area contributed by atoms with Crippen LogP contribution < -0.4 is 0 Å². The third kappa shape index (κ3) is 1.94. The van der Waals surface area contributed by atoms with Crippen LogP contribution in [0.4, 0.5) is 4.39 Å². The van der Waals surface area contributed by atoms with Crippen molar-refractivity contribution in [1.82, 2.24) is 4.57 Å². The summed E-state index contributed by atoms with van der Waals surface area (Å²) in [5.74, 6) is -0.190. The highest BCUT2D eigenvalue weighted by Crippen LogP contribution is 2.18. The van der Waals surface area contributed by atoms with Crippen molar-refractivity contribution in [2.75, 3.05) is 0 Å². The first-order valence-electron chi connectivity index (χ1n) is 5.11. The number of allylic oxidation sites excluding steroid dienone is 1. The highest BCUT2D eigenvalue weighted by atomic mass is 19.1. The number of aromatic nitrogens is 1. The molecule has 0 saturated carbocycles. The lowest BCUT2D eigenvalue weighted by Gasteiger charge is -2.06. The van der Waals surface area contributed by atoms with Gasteiger partial charge in [-0.3, -0.25) is 0 Å². The van der Waals surface area contributed by atoms with Crippen molar-refractivity contribution in [1.29, 1.82) is 0 Å². The molecular formula is C13H14FN. The molecule has 0 N–H and O–H groups in total. The van der Waals surface area contributed by atoms with Crippen LogP contribution in [0, 0.1) is 5.82 Å². The molecule has 2 heteroatoms. The van der Waals surface area contributed by atoms with E-state index in [2.05, 4.69) is 13.5 Å². The van der Waals surface area contributed by atoms with Gasteiger partial charge in [0.2, 0.25) is 0 Å². The summed E-state index contributed by atoms with van der Waals surface area (Å²) in [6.07, 6.45) is 2.93. The van der Waals surface area contributed by atoms with Crippen LogP contribution in [0.5, 0.6) is 0 Å². The largest absolute Gasteiger partial charge is 0.343 e. The highest BCUT2D eigenvalue weighted by molar-refractivity contribution is 5.80. The van der Waals surface area contributed by atoms with Gasteiger partial charge in [-0.15, -0.1) is 0 Å². The third-order valence-corrected chi connectivity index (χ3v) is 2.63. The van der Waals surface area contributed by atoms with Crippen LogP contribution in [0.15, 0.2) is 42.6 Å². The van der Waals surface area contributed by atoms with E-state index in [-0.39, 0.29) is 5.82 Å². The molecule has 0 spiro atoms. The lowest BCUT2D eigenvalue weighted by Crippen LogP contribution is -1.97. The maximum absolute atomic E-state index is 13.1. The summed E-state index contributed by atoms with van der Waals surface area (Å²) in [6, 6.07) is 6.85. The van der Waals surface area contributed by atoms with Gasteiger partial charge in [0.25, 0.3) is 0 Å². The molecule has 0 amide bonds. The maximum atomic E-state index is 13.1. The molecule has 0 unspecified atom stereocenters. The Bertz CT molecular complexity index is 496. The quantitative estimate of drug-likeness (QED) is 0.669. The van der Waals surface area contributed by atoms with E-state index in [0.717, 1.165) is 29.4 Å². The number of nitrogens with zero attached hydrogens (tertiary/aromatic N) is 1. The average molecular weight is 203 g/mol. The highest BCUT2D eigenvalue weighted by Gasteiger charge is 2.02. The van der Waals surface area contributed by atoms with Gasteiger partial charge in [-0.2, -0.15) is 0 Å². The summed E-state index contributed by atoms with van der Waals surface area (Å²) < 4.78 is 15.1. The second-order valence-electron chi connectivity index (χ2n) is 3.75. The average Bonchev–Trinajstić information content (AvgIpc) is 2.61. The molecule has 1 nitrogen and oxygen atoms in total. The standard InChI is InChI=1S/C13H14FN/c1-3-10(2)9-15-7-6-11-4-5-12(14)8-13(11)15/h4-8H,2-3,9H2,1H3. The topological polar surface area (TPSA) is 4.93 Å². The number of fused-ring (bicyclic) bond motifs is 1. The molecule has 0 aliphatic heterocycles. The molecule has 0 atom stereocenters. The summed E-state index contributed by atoms with van der Waals surface area (Å²) in [4.78, 5) is 0. The number of hydrogen-bond acceptors (Lipinski definition) is 0. The zero-order chi connectivity index (χ0) is 10.8. The van der Waals surface area contributed by atoms with Gasteiger partial charge in [0.15, 0.2) is 0 Å². The molecule has 0 aliphatic carbocycles. The Kier molecular flexibility index (Phi) is 2.58. The lowest BCUT2D eigenvalue weighted by molar-refractivity contribution is 0.628. The SMILES string of the molecule is C=C(CC)Cn1ccc2ccc(F)cc21. The summed E-state index contributed by atoms with van der Waals surface area (Å²) in [7, 11) is 0. The number of halogens is 1. The fourth-order valence-electron chi connectivity index (χ4n) is 1.65. The van der Waals surface area contributed by atoms with E-state index in [4.69, 9.17) is 0 Å². The predicted octanol–water partition coefficient (Wildman–Crippen LogP) is 3.75. The lowest BCUT2D eigenvalue weighted by atomic mass is 10.2. The molecule has 2 rings (SSSR count). The molecule has 15 heavy (non-hydrogen) atoms. The molecular weight excluding hydrogens is 189 g/mol. The van der Waals surface area contributed by atoms with E-state index in [1.54, 1.807) is 12.1 Å². The van der Waals surface area contributed by atoms with Gasteiger partial charge in [0.1, 0.15) is 5.82 Å². The third-order valence-electron chi connectivity index (χ3n) is 2.63. The van der Waals surface area contributed by atoms with Crippen molar-refractivity contribution in [2.45, 2.75) is 19.9 Å². The minimum absolute atomic E-state index is 0.190. The summed E-state index contributed by atoms with van der Waals surface area (Å²) >= 11 is 0. The monoisotopic (exact) mass is 203 g/mol. The molecule has 0 fully saturated rings. The van der Waals surface area contributed by atoms with E-state index in [0.29, 0.717) is 0 Å². The fourth-order valence-corrected chi connectivity index (χ4v) is 1.65. The molecule has 0 bridgehead atoms. The number of benzene rings is 1. The molecule has 0 aliphatic rings. The van der Waals surface area contributed by atoms with Gasteiger partial charge < -0.3 is 4.57 Å². The van der Waals surface area contributed by atoms with Gasteiger partial charge in [0, 0.05) is 12.7 Å². The van der Waals surface area contributed by atoms with Crippen LogP contribution in [-0.4, -0.2) is 4.57 Å². The van der Waals surface area contributed by atoms with Crippen molar-refractivity contribution < 1.29 is 4.39 Å². The van der Waals surface area contributed by atoms with Crippen LogP contribution in [0.3, 0.4) is 0 Å². The van der Waals surface area contributed by atoms with Crippen molar-refractivity contribution in [3.05, 3.63) is 48.4 Å². The number of rotatable bonds is 3. The molecule has 2 aromatic rings. The molecule has 78 valence electrons. The molecule has 1 aromatic carbocycles.